The standard InChI is InChI=1S/C62H118O6/c1-4-7-10-13-16-18-20-22-23-24-25-26-27-28-29-30-31-32-33-34-35-36-37-38-39-41-42-44-46-49-52-55-61(64)67-58-59(57-66-60(63)54-51-48-15-12-9-6-3)68-62(65)56-53-50-47-45-43-40-21-19-17-14-11-8-5-2/h24-25,59H,4-23,26-58H2,1-3H3/b25-24-. The van der Waals surface area contributed by atoms with Crippen molar-refractivity contribution in [2.45, 2.75) is 354 Å². The van der Waals surface area contributed by atoms with Crippen LogP contribution in [0.25, 0.3) is 0 Å². The fourth-order valence-corrected chi connectivity index (χ4v) is 9.38. The second kappa shape index (κ2) is 57.7. The molecule has 0 heterocycles. The molecule has 0 aliphatic carbocycles. The molecule has 0 radical (unpaired) electrons. The molecule has 0 aromatic rings. The molecule has 0 aromatic carbocycles. The Morgan fingerprint density at radius 3 is 0.735 bits per heavy atom. The SMILES string of the molecule is CCCCCCCCCC/C=C\CCCCCCCCCCCCCCCCCCCCCC(=O)OCC(COC(=O)CCCCCCCC)OC(=O)CCCCCCCCCCCCCCC. The Kier molecular flexibility index (Phi) is 56.2. The molecule has 68 heavy (non-hydrogen) atoms. The molecule has 6 nitrogen and oxygen atoms in total. The summed E-state index contributed by atoms with van der Waals surface area (Å²) in [6.07, 6.45) is 67.0. The molecule has 0 aliphatic heterocycles. The van der Waals surface area contributed by atoms with Gasteiger partial charge >= 0.3 is 17.9 Å². The van der Waals surface area contributed by atoms with Crippen molar-refractivity contribution in [3.63, 3.8) is 0 Å². The number of carbonyl (C=O) groups is 3. The third-order valence-electron chi connectivity index (χ3n) is 14.0. The zero-order chi connectivity index (χ0) is 49.3. The fourth-order valence-electron chi connectivity index (χ4n) is 9.38. The molecular weight excluding hydrogens is 841 g/mol. The topological polar surface area (TPSA) is 78.9 Å². The minimum absolute atomic E-state index is 0.0640. The van der Waals surface area contributed by atoms with Crippen molar-refractivity contribution in [2.24, 2.45) is 0 Å². The third-order valence-corrected chi connectivity index (χ3v) is 14.0. The highest BCUT2D eigenvalue weighted by Gasteiger charge is 2.19. The van der Waals surface area contributed by atoms with E-state index in [-0.39, 0.29) is 31.1 Å². The number of unbranched alkanes of at least 4 members (excludes halogenated alkanes) is 44. The van der Waals surface area contributed by atoms with Crippen molar-refractivity contribution in [1.82, 2.24) is 0 Å². The van der Waals surface area contributed by atoms with Crippen molar-refractivity contribution in [3.05, 3.63) is 12.2 Å². The van der Waals surface area contributed by atoms with Crippen molar-refractivity contribution >= 4 is 17.9 Å². The van der Waals surface area contributed by atoms with Crippen LogP contribution in [0.5, 0.6) is 0 Å². The molecule has 0 N–H and O–H groups in total. The lowest BCUT2D eigenvalue weighted by atomic mass is 10.0. The summed E-state index contributed by atoms with van der Waals surface area (Å²) in [5.74, 6) is -0.852. The summed E-state index contributed by atoms with van der Waals surface area (Å²) in [7, 11) is 0. The number of allylic oxidation sites excluding steroid dienone is 2. The Bertz CT molecular complexity index is 1060. The van der Waals surface area contributed by atoms with E-state index in [1.165, 1.54) is 250 Å². The van der Waals surface area contributed by atoms with Crippen molar-refractivity contribution in [2.75, 3.05) is 13.2 Å². The van der Waals surface area contributed by atoms with Gasteiger partial charge in [0.1, 0.15) is 13.2 Å². The molecule has 0 saturated carbocycles. The van der Waals surface area contributed by atoms with Crippen molar-refractivity contribution in [1.29, 1.82) is 0 Å². The molecule has 6 heteroatoms. The summed E-state index contributed by atoms with van der Waals surface area (Å²) < 4.78 is 16.8. The number of ether oxygens (including phenoxy) is 3. The summed E-state index contributed by atoms with van der Waals surface area (Å²) in [5, 5.41) is 0. The lowest BCUT2D eigenvalue weighted by Crippen LogP contribution is -2.30. The minimum atomic E-state index is -0.760. The van der Waals surface area contributed by atoms with Crippen LogP contribution in [-0.4, -0.2) is 37.2 Å². The van der Waals surface area contributed by atoms with Gasteiger partial charge in [0, 0.05) is 19.3 Å². The Labute approximate surface area is 424 Å². The molecule has 0 spiro atoms. The van der Waals surface area contributed by atoms with E-state index in [1.807, 2.05) is 0 Å². The highest BCUT2D eigenvalue weighted by Crippen LogP contribution is 2.18. The summed E-state index contributed by atoms with van der Waals surface area (Å²) in [4.78, 5) is 37.8. The highest BCUT2D eigenvalue weighted by molar-refractivity contribution is 5.71. The van der Waals surface area contributed by atoms with Gasteiger partial charge in [-0.2, -0.15) is 0 Å². The average Bonchev–Trinajstić information content (AvgIpc) is 3.34. The van der Waals surface area contributed by atoms with Crippen molar-refractivity contribution in [3.8, 4) is 0 Å². The fraction of sp³-hybridized carbons (Fsp3) is 0.919. The predicted molar refractivity (Wildman–Crippen MR) is 293 cm³/mol. The summed E-state index contributed by atoms with van der Waals surface area (Å²) in [5.41, 5.74) is 0. The molecule has 0 amide bonds. The van der Waals surface area contributed by atoms with Gasteiger partial charge in [-0.05, 0) is 44.9 Å². The third kappa shape index (κ3) is 55.1. The van der Waals surface area contributed by atoms with Crippen LogP contribution >= 0.6 is 0 Å². The molecule has 0 bridgehead atoms. The minimum Gasteiger partial charge on any atom is -0.462 e. The molecule has 1 atom stereocenters. The maximum atomic E-state index is 12.8. The summed E-state index contributed by atoms with van der Waals surface area (Å²) in [6.45, 7) is 6.63. The predicted octanol–water partition coefficient (Wildman–Crippen LogP) is 20.5. The van der Waals surface area contributed by atoms with E-state index in [0.29, 0.717) is 19.3 Å². The first-order valence-corrected chi connectivity index (χ1v) is 30.7. The lowest BCUT2D eigenvalue weighted by Gasteiger charge is -2.18. The molecule has 0 aliphatic rings. The van der Waals surface area contributed by atoms with E-state index in [1.54, 1.807) is 0 Å². The molecule has 0 aromatic heterocycles. The lowest BCUT2D eigenvalue weighted by molar-refractivity contribution is -0.167. The largest absolute Gasteiger partial charge is 0.462 e. The van der Waals surface area contributed by atoms with Crippen LogP contribution in [0.15, 0.2) is 12.2 Å². The first-order valence-electron chi connectivity index (χ1n) is 30.7. The van der Waals surface area contributed by atoms with Crippen LogP contribution in [0, 0.1) is 0 Å². The second-order valence-electron chi connectivity index (χ2n) is 21.0. The first-order chi connectivity index (χ1) is 33.5. The van der Waals surface area contributed by atoms with Crippen LogP contribution in [0.4, 0.5) is 0 Å². The van der Waals surface area contributed by atoms with Gasteiger partial charge < -0.3 is 14.2 Å². The Balaban J connectivity index is 3.90. The van der Waals surface area contributed by atoms with E-state index in [4.69, 9.17) is 14.2 Å². The van der Waals surface area contributed by atoms with Gasteiger partial charge in [-0.1, -0.05) is 296 Å². The van der Waals surface area contributed by atoms with Gasteiger partial charge in [0.15, 0.2) is 6.10 Å². The molecule has 402 valence electrons. The maximum absolute atomic E-state index is 12.8. The average molecular weight is 960 g/mol. The van der Waals surface area contributed by atoms with Crippen LogP contribution in [0.3, 0.4) is 0 Å². The van der Waals surface area contributed by atoms with E-state index < -0.39 is 6.10 Å². The molecule has 1 unspecified atom stereocenters. The number of hydrogen-bond donors (Lipinski definition) is 0. The Morgan fingerprint density at radius 2 is 0.485 bits per heavy atom. The Hall–Kier alpha value is -1.85. The van der Waals surface area contributed by atoms with Crippen LogP contribution in [-0.2, 0) is 28.6 Å². The van der Waals surface area contributed by atoms with E-state index in [2.05, 4.69) is 32.9 Å². The summed E-state index contributed by atoms with van der Waals surface area (Å²) >= 11 is 0. The van der Waals surface area contributed by atoms with Gasteiger partial charge in [0.25, 0.3) is 0 Å². The number of carbonyl (C=O) groups excluding carboxylic acids is 3. The smallest absolute Gasteiger partial charge is 0.306 e. The van der Waals surface area contributed by atoms with Crippen LogP contribution in [0.1, 0.15) is 348 Å². The quantitative estimate of drug-likeness (QED) is 0.0262. The van der Waals surface area contributed by atoms with Crippen molar-refractivity contribution < 1.29 is 28.6 Å². The van der Waals surface area contributed by atoms with Gasteiger partial charge in [-0.15, -0.1) is 0 Å². The normalized spacial score (nSPS) is 12.0. The van der Waals surface area contributed by atoms with E-state index >= 15 is 0 Å². The first kappa shape index (κ1) is 66.2. The maximum Gasteiger partial charge on any atom is 0.306 e. The zero-order valence-electron chi connectivity index (χ0n) is 46.2. The molecular formula is C62H118O6. The van der Waals surface area contributed by atoms with Crippen LogP contribution < -0.4 is 0 Å². The molecule has 0 rings (SSSR count). The number of esters is 3. The van der Waals surface area contributed by atoms with Crippen LogP contribution in [0.2, 0.25) is 0 Å². The molecule has 0 saturated heterocycles. The van der Waals surface area contributed by atoms with Gasteiger partial charge in [-0.3, -0.25) is 14.4 Å². The monoisotopic (exact) mass is 959 g/mol. The van der Waals surface area contributed by atoms with Gasteiger partial charge in [-0.25, -0.2) is 0 Å². The Morgan fingerprint density at radius 1 is 0.279 bits per heavy atom. The number of rotatable bonds is 57. The molecule has 0 fully saturated rings. The second-order valence-corrected chi connectivity index (χ2v) is 21.0. The van der Waals surface area contributed by atoms with Gasteiger partial charge in [0.2, 0.25) is 0 Å². The zero-order valence-corrected chi connectivity index (χ0v) is 46.2. The van der Waals surface area contributed by atoms with Gasteiger partial charge in [0.05, 0.1) is 0 Å². The van der Waals surface area contributed by atoms with E-state index in [0.717, 1.165) is 57.8 Å². The highest BCUT2D eigenvalue weighted by atomic mass is 16.6. The number of hydrogen-bond acceptors (Lipinski definition) is 6. The summed E-state index contributed by atoms with van der Waals surface area (Å²) in [6, 6.07) is 0. The van der Waals surface area contributed by atoms with E-state index in [9.17, 15) is 14.4 Å².